The number of rotatable bonds is 2. The lowest BCUT2D eigenvalue weighted by Crippen LogP contribution is -2.49. The molecular weight excluding hydrogens is 214 g/mol. The van der Waals surface area contributed by atoms with Crippen molar-refractivity contribution in [2.45, 2.75) is 66.0 Å². The van der Waals surface area contributed by atoms with Gasteiger partial charge in [-0.1, -0.05) is 13.8 Å². The van der Waals surface area contributed by atoms with E-state index in [2.05, 4.69) is 18.7 Å². The van der Waals surface area contributed by atoms with Crippen LogP contribution in [0.15, 0.2) is 0 Å². The van der Waals surface area contributed by atoms with Crippen molar-refractivity contribution in [2.24, 2.45) is 5.41 Å². The molecule has 1 heterocycles. The van der Waals surface area contributed by atoms with Crippen molar-refractivity contribution in [1.29, 1.82) is 0 Å². The molecule has 17 heavy (non-hydrogen) atoms. The first-order valence-electron chi connectivity index (χ1n) is 6.58. The van der Waals surface area contributed by atoms with Gasteiger partial charge in [0.05, 0.1) is 0 Å². The predicted octanol–water partition coefficient (Wildman–Crippen LogP) is 2.84. The standard InChI is InChI=1S/C14H27NO2/c1-11(12(16)17-13(2,3)4)15-9-7-8-14(5,6)10-15/h11H,7-10H2,1-6H3. The Bertz CT molecular complexity index is 278. The minimum Gasteiger partial charge on any atom is -0.459 e. The summed E-state index contributed by atoms with van der Waals surface area (Å²) in [5, 5.41) is 0. The summed E-state index contributed by atoms with van der Waals surface area (Å²) in [4.78, 5) is 14.3. The Morgan fingerprint density at radius 1 is 1.35 bits per heavy atom. The Morgan fingerprint density at radius 2 is 1.94 bits per heavy atom. The Kier molecular flexibility index (Phi) is 4.23. The fourth-order valence-electron chi connectivity index (χ4n) is 2.34. The van der Waals surface area contributed by atoms with Crippen LogP contribution in [0.2, 0.25) is 0 Å². The van der Waals surface area contributed by atoms with Crippen LogP contribution in [0.4, 0.5) is 0 Å². The number of hydrogen-bond acceptors (Lipinski definition) is 3. The number of carbonyl (C=O) groups excluding carboxylic acids is 1. The maximum absolute atomic E-state index is 12.0. The first-order valence-corrected chi connectivity index (χ1v) is 6.58. The van der Waals surface area contributed by atoms with Gasteiger partial charge in [0.15, 0.2) is 0 Å². The summed E-state index contributed by atoms with van der Waals surface area (Å²) in [6.07, 6.45) is 2.41. The van der Waals surface area contributed by atoms with E-state index in [-0.39, 0.29) is 12.0 Å². The summed E-state index contributed by atoms with van der Waals surface area (Å²) in [7, 11) is 0. The van der Waals surface area contributed by atoms with Gasteiger partial charge in [0, 0.05) is 6.54 Å². The van der Waals surface area contributed by atoms with Crippen LogP contribution in [0.3, 0.4) is 0 Å². The van der Waals surface area contributed by atoms with Gasteiger partial charge in [-0.15, -0.1) is 0 Å². The number of likely N-dealkylation sites (tertiary alicyclic amines) is 1. The molecule has 1 saturated heterocycles. The zero-order valence-electron chi connectivity index (χ0n) is 12.2. The van der Waals surface area contributed by atoms with E-state index in [0.717, 1.165) is 13.1 Å². The second-order valence-electron chi connectivity index (χ2n) is 6.95. The van der Waals surface area contributed by atoms with Gasteiger partial charge in [0.2, 0.25) is 0 Å². The smallest absolute Gasteiger partial charge is 0.323 e. The predicted molar refractivity (Wildman–Crippen MR) is 69.9 cm³/mol. The maximum Gasteiger partial charge on any atom is 0.323 e. The third-order valence-corrected chi connectivity index (χ3v) is 3.23. The van der Waals surface area contributed by atoms with Crippen LogP contribution in [-0.4, -0.2) is 35.6 Å². The Morgan fingerprint density at radius 3 is 2.41 bits per heavy atom. The highest BCUT2D eigenvalue weighted by Crippen LogP contribution is 2.29. The zero-order valence-corrected chi connectivity index (χ0v) is 12.2. The molecule has 1 aliphatic heterocycles. The van der Waals surface area contributed by atoms with Crippen LogP contribution in [-0.2, 0) is 9.53 Å². The molecule has 0 spiro atoms. The van der Waals surface area contributed by atoms with Gasteiger partial charge >= 0.3 is 5.97 Å². The SMILES string of the molecule is CC(C(=O)OC(C)(C)C)N1CCCC(C)(C)C1. The van der Waals surface area contributed by atoms with E-state index in [4.69, 9.17) is 4.74 Å². The van der Waals surface area contributed by atoms with Crippen molar-refractivity contribution < 1.29 is 9.53 Å². The number of nitrogens with zero attached hydrogens (tertiary/aromatic N) is 1. The summed E-state index contributed by atoms with van der Waals surface area (Å²) in [5.74, 6) is -0.102. The minimum absolute atomic E-state index is 0.102. The van der Waals surface area contributed by atoms with E-state index < -0.39 is 5.60 Å². The van der Waals surface area contributed by atoms with Gasteiger partial charge in [-0.25, -0.2) is 0 Å². The number of esters is 1. The molecule has 1 aliphatic rings. The molecule has 0 saturated carbocycles. The second kappa shape index (κ2) is 4.97. The topological polar surface area (TPSA) is 29.5 Å². The first kappa shape index (κ1) is 14.5. The lowest BCUT2D eigenvalue weighted by atomic mass is 9.83. The normalized spacial score (nSPS) is 23.2. The second-order valence-corrected chi connectivity index (χ2v) is 6.95. The number of carbonyl (C=O) groups is 1. The molecule has 0 aromatic rings. The van der Waals surface area contributed by atoms with Crippen LogP contribution < -0.4 is 0 Å². The third kappa shape index (κ3) is 4.66. The van der Waals surface area contributed by atoms with E-state index in [9.17, 15) is 4.79 Å². The first-order chi connectivity index (χ1) is 7.61. The van der Waals surface area contributed by atoms with E-state index in [1.165, 1.54) is 12.8 Å². The quantitative estimate of drug-likeness (QED) is 0.696. The van der Waals surface area contributed by atoms with Crippen molar-refractivity contribution >= 4 is 5.97 Å². The van der Waals surface area contributed by atoms with E-state index >= 15 is 0 Å². The molecule has 1 atom stereocenters. The van der Waals surface area contributed by atoms with Crippen LogP contribution >= 0.6 is 0 Å². The lowest BCUT2D eigenvalue weighted by Gasteiger charge is -2.40. The molecule has 100 valence electrons. The van der Waals surface area contributed by atoms with Crippen LogP contribution in [0, 0.1) is 5.41 Å². The van der Waals surface area contributed by atoms with Crippen molar-refractivity contribution in [3.8, 4) is 0 Å². The molecule has 0 aromatic heterocycles. The summed E-state index contributed by atoms with van der Waals surface area (Å²) in [5.41, 5.74) is -0.0782. The molecule has 3 nitrogen and oxygen atoms in total. The Hall–Kier alpha value is -0.570. The molecule has 1 fully saturated rings. The molecule has 0 radical (unpaired) electrons. The van der Waals surface area contributed by atoms with E-state index in [1.807, 2.05) is 27.7 Å². The average molecular weight is 241 g/mol. The van der Waals surface area contributed by atoms with Gasteiger partial charge in [-0.3, -0.25) is 9.69 Å². The van der Waals surface area contributed by atoms with E-state index in [0.29, 0.717) is 5.41 Å². The van der Waals surface area contributed by atoms with Gasteiger partial charge in [0.1, 0.15) is 11.6 Å². The van der Waals surface area contributed by atoms with Crippen molar-refractivity contribution in [1.82, 2.24) is 4.90 Å². The van der Waals surface area contributed by atoms with Gasteiger partial charge in [0.25, 0.3) is 0 Å². The summed E-state index contributed by atoms with van der Waals surface area (Å²) in [6, 6.07) is -0.131. The lowest BCUT2D eigenvalue weighted by molar-refractivity contribution is -0.161. The molecule has 0 aliphatic carbocycles. The fraction of sp³-hybridized carbons (Fsp3) is 0.929. The maximum atomic E-state index is 12.0. The Labute approximate surface area is 106 Å². The van der Waals surface area contributed by atoms with Gasteiger partial charge in [-0.05, 0) is 52.5 Å². The van der Waals surface area contributed by atoms with Gasteiger partial charge in [-0.2, -0.15) is 0 Å². The molecule has 1 rings (SSSR count). The van der Waals surface area contributed by atoms with Crippen LogP contribution in [0.5, 0.6) is 0 Å². The summed E-state index contributed by atoms with van der Waals surface area (Å²) in [6.45, 7) is 14.2. The summed E-state index contributed by atoms with van der Waals surface area (Å²) >= 11 is 0. The third-order valence-electron chi connectivity index (χ3n) is 3.23. The minimum atomic E-state index is -0.392. The highest BCUT2D eigenvalue weighted by molar-refractivity contribution is 5.75. The van der Waals surface area contributed by atoms with Crippen LogP contribution in [0.25, 0.3) is 0 Å². The van der Waals surface area contributed by atoms with Crippen LogP contribution in [0.1, 0.15) is 54.4 Å². The number of ether oxygens (including phenoxy) is 1. The highest BCUT2D eigenvalue weighted by Gasteiger charge is 2.33. The fourth-order valence-corrected chi connectivity index (χ4v) is 2.34. The summed E-state index contributed by atoms with van der Waals surface area (Å²) < 4.78 is 5.44. The Balaban J connectivity index is 2.57. The number of hydrogen-bond donors (Lipinski definition) is 0. The molecule has 0 bridgehead atoms. The molecule has 0 amide bonds. The molecule has 0 N–H and O–H groups in total. The zero-order chi connectivity index (χ0) is 13.3. The largest absolute Gasteiger partial charge is 0.459 e. The molecule has 1 unspecified atom stereocenters. The monoisotopic (exact) mass is 241 g/mol. The van der Waals surface area contributed by atoms with Crippen molar-refractivity contribution in [3.05, 3.63) is 0 Å². The number of piperidine rings is 1. The van der Waals surface area contributed by atoms with E-state index in [1.54, 1.807) is 0 Å². The van der Waals surface area contributed by atoms with Crippen molar-refractivity contribution in [2.75, 3.05) is 13.1 Å². The highest BCUT2D eigenvalue weighted by atomic mass is 16.6. The molecule has 3 heteroatoms. The molecule has 0 aromatic carbocycles. The average Bonchev–Trinajstić information content (AvgIpc) is 2.12. The van der Waals surface area contributed by atoms with Crippen molar-refractivity contribution in [3.63, 3.8) is 0 Å². The molecular formula is C14H27NO2. The van der Waals surface area contributed by atoms with Gasteiger partial charge < -0.3 is 4.74 Å².